The fourth-order valence-corrected chi connectivity index (χ4v) is 6.31. The number of carbonyl (C=O) groups is 2. The third kappa shape index (κ3) is 6.82. The molecule has 38 heavy (non-hydrogen) atoms. The molecule has 0 bridgehead atoms. The topological polar surface area (TPSA) is 86.8 Å². The fraction of sp³-hybridized carbons (Fsp3) is 0.310. The normalized spacial score (nSPS) is 14.6. The molecule has 0 spiro atoms. The average Bonchev–Trinajstić information content (AvgIpc) is 3.44. The van der Waals surface area contributed by atoms with Gasteiger partial charge in [0.15, 0.2) is 0 Å². The Bertz CT molecular complexity index is 1330. The van der Waals surface area contributed by atoms with Gasteiger partial charge < -0.3 is 10.2 Å². The first-order valence-corrected chi connectivity index (χ1v) is 15.0. The van der Waals surface area contributed by atoms with E-state index in [0.717, 1.165) is 40.0 Å². The van der Waals surface area contributed by atoms with Crippen LogP contribution in [-0.4, -0.2) is 43.8 Å². The lowest BCUT2D eigenvalue weighted by Crippen LogP contribution is -2.52. The Balaban J connectivity index is 1.65. The first-order chi connectivity index (χ1) is 18.3. The molecule has 1 aliphatic rings. The number of rotatable bonds is 10. The summed E-state index contributed by atoms with van der Waals surface area (Å²) in [5.41, 5.74) is 1.20. The second-order valence-electron chi connectivity index (χ2n) is 9.47. The highest BCUT2D eigenvalue weighted by molar-refractivity contribution is 9.10. The zero-order valence-corrected chi connectivity index (χ0v) is 23.7. The predicted octanol–water partition coefficient (Wildman–Crippen LogP) is 5.12. The maximum atomic E-state index is 13.9. The van der Waals surface area contributed by atoms with Crippen molar-refractivity contribution in [3.8, 4) is 0 Å². The third-order valence-corrected chi connectivity index (χ3v) is 9.11. The van der Waals surface area contributed by atoms with Crippen molar-refractivity contribution in [3.05, 3.63) is 95.0 Å². The van der Waals surface area contributed by atoms with Gasteiger partial charge in [-0.25, -0.2) is 8.42 Å². The Morgan fingerprint density at radius 3 is 2.11 bits per heavy atom. The van der Waals surface area contributed by atoms with Gasteiger partial charge in [-0.1, -0.05) is 77.3 Å². The largest absolute Gasteiger partial charge is 0.352 e. The van der Waals surface area contributed by atoms with Gasteiger partial charge in [0.1, 0.15) is 12.6 Å². The fourth-order valence-electron chi connectivity index (χ4n) is 4.61. The van der Waals surface area contributed by atoms with Gasteiger partial charge in [0.25, 0.3) is 10.0 Å². The third-order valence-electron chi connectivity index (χ3n) is 6.79. The van der Waals surface area contributed by atoms with Gasteiger partial charge in [0.2, 0.25) is 11.8 Å². The summed E-state index contributed by atoms with van der Waals surface area (Å²) < 4.78 is 29.4. The van der Waals surface area contributed by atoms with Crippen LogP contribution >= 0.6 is 15.9 Å². The van der Waals surface area contributed by atoms with Crippen LogP contribution in [-0.2, 0) is 26.2 Å². The summed E-state index contributed by atoms with van der Waals surface area (Å²) >= 11 is 3.38. The number of amides is 2. The molecule has 0 radical (unpaired) electrons. The molecule has 7 nitrogen and oxygen atoms in total. The van der Waals surface area contributed by atoms with Crippen molar-refractivity contribution in [2.75, 3.05) is 10.8 Å². The molecule has 1 unspecified atom stereocenters. The summed E-state index contributed by atoms with van der Waals surface area (Å²) in [5, 5.41) is 3.08. The van der Waals surface area contributed by atoms with E-state index in [9.17, 15) is 18.0 Å². The number of nitrogens with one attached hydrogen (secondary N) is 1. The molecular weight excluding hydrogens is 566 g/mol. The van der Waals surface area contributed by atoms with Gasteiger partial charge in [0.05, 0.1) is 10.6 Å². The van der Waals surface area contributed by atoms with Crippen LogP contribution in [0.3, 0.4) is 0 Å². The monoisotopic (exact) mass is 597 g/mol. The van der Waals surface area contributed by atoms with Crippen LogP contribution in [0.25, 0.3) is 0 Å². The average molecular weight is 599 g/mol. The number of halogens is 1. The van der Waals surface area contributed by atoms with Crippen molar-refractivity contribution in [2.45, 2.75) is 56.1 Å². The molecule has 1 aliphatic carbocycles. The summed E-state index contributed by atoms with van der Waals surface area (Å²) in [7, 11) is -4.06. The van der Waals surface area contributed by atoms with Crippen molar-refractivity contribution in [1.29, 1.82) is 0 Å². The zero-order valence-electron chi connectivity index (χ0n) is 21.3. The van der Waals surface area contributed by atoms with E-state index in [-0.39, 0.29) is 23.4 Å². The number of benzene rings is 3. The van der Waals surface area contributed by atoms with Crippen molar-refractivity contribution in [3.63, 3.8) is 0 Å². The Labute approximate surface area is 233 Å². The van der Waals surface area contributed by atoms with E-state index in [4.69, 9.17) is 0 Å². The molecule has 1 atom stereocenters. The van der Waals surface area contributed by atoms with Crippen LogP contribution in [0, 0.1) is 0 Å². The van der Waals surface area contributed by atoms with Crippen molar-refractivity contribution >= 4 is 43.5 Å². The number of nitrogens with zero attached hydrogens (tertiary/aromatic N) is 2. The van der Waals surface area contributed by atoms with Crippen molar-refractivity contribution in [2.24, 2.45) is 0 Å². The quantitative estimate of drug-likeness (QED) is 0.351. The molecule has 200 valence electrons. The van der Waals surface area contributed by atoms with Crippen LogP contribution in [0.15, 0.2) is 94.3 Å². The minimum absolute atomic E-state index is 0.0809. The van der Waals surface area contributed by atoms with Crippen molar-refractivity contribution < 1.29 is 18.0 Å². The molecule has 0 aliphatic heterocycles. The molecule has 3 aromatic rings. The van der Waals surface area contributed by atoms with Crippen LogP contribution in [0.5, 0.6) is 0 Å². The smallest absolute Gasteiger partial charge is 0.264 e. The van der Waals surface area contributed by atoms with Crippen LogP contribution < -0.4 is 9.62 Å². The number of hydrogen-bond acceptors (Lipinski definition) is 4. The van der Waals surface area contributed by atoms with E-state index in [1.54, 1.807) is 49.4 Å². The zero-order chi connectivity index (χ0) is 27.1. The molecule has 1 saturated carbocycles. The molecular formula is C29H32BrN3O4S. The predicted molar refractivity (Wildman–Crippen MR) is 152 cm³/mol. The molecule has 0 aromatic heterocycles. The lowest BCUT2D eigenvalue weighted by atomic mass is 10.1. The lowest BCUT2D eigenvalue weighted by Gasteiger charge is -2.32. The lowest BCUT2D eigenvalue weighted by molar-refractivity contribution is -0.139. The van der Waals surface area contributed by atoms with E-state index in [1.807, 2.05) is 30.3 Å². The van der Waals surface area contributed by atoms with E-state index in [1.165, 1.54) is 17.0 Å². The van der Waals surface area contributed by atoms with Gasteiger partial charge in [-0.05, 0) is 61.7 Å². The minimum atomic E-state index is -4.06. The minimum Gasteiger partial charge on any atom is -0.352 e. The molecule has 2 amide bonds. The maximum absolute atomic E-state index is 13.9. The van der Waals surface area contributed by atoms with Gasteiger partial charge in [-0.15, -0.1) is 0 Å². The van der Waals surface area contributed by atoms with E-state index in [0.29, 0.717) is 5.69 Å². The Morgan fingerprint density at radius 1 is 0.921 bits per heavy atom. The Hall–Kier alpha value is -3.17. The number of carbonyl (C=O) groups excluding carboxylic acids is 2. The van der Waals surface area contributed by atoms with E-state index in [2.05, 4.69) is 21.2 Å². The van der Waals surface area contributed by atoms with E-state index >= 15 is 0 Å². The van der Waals surface area contributed by atoms with Crippen LogP contribution in [0.4, 0.5) is 5.69 Å². The SMILES string of the molecule is CC(C(=O)NC1CCCC1)N(Cc1ccccc1)C(=O)CN(c1ccc(Br)cc1)S(=O)(=O)c1ccccc1. The first kappa shape index (κ1) is 27.9. The van der Waals surface area contributed by atoms with Crippen molar-refractivity contribution in [1.82, 2.24) is 10.2 Å². The van der Waals surface area contributed by atoms with Gasteiger partial charge in [0, 0.05) is 17.1 Å². The van der Waals surface area contributed by atoms with E-state index < -0.39 is 28.5 Å². The summed E-state index contributed by atoms with van der Waals surface area (Å²) in [6, 6.07) is 23.5. The molecule has 3 aromatic carbocycles. The summed E-state index contributed by atoms with van der Waals surface area (Å²) in [6.07, 6.45) is 4.01. The second-order valence-corrected chi connectivity index (χ2v) is 12.3. The Kier molecular flexibility index (Phi) is 9.22. The number of sulfonamides is 1. The first-order valence-electron chi connectivity index (χ1n) is 12.7. The van der Waals surface area contributed by atoms with Gasteiger partial charge in [-0.2, -0.15) is 0 Å². The molecule has 0 saturated heterocycles. The molecule has 1 N–H and O–H groups in total. The van der Waals surface area contributed by atoms with Crippen LogP contribution in [0.2, 0.25) is 0 Å². The van der Waals surface area contributed by atoms with Gasteiger partial charge in [-0.3, -0.25) is 13.9 Å². The summed E-state index contributed by atoms with van der Waals surface area (Å²) in [5.74, 6) is -0.701. The molecule has 9 heteroatoms. The number of anilines is 1. The van der Waals surface area contributed by atoms with Crippen LogP contribution in [0.1, 0.15) is 38.2 Å². The second kappa shape index (κ2) is 12.6. The molecule has 0 heterocycles. The molecule has 1 fully saturated rings. The summed E-state index contributed by atoms with van der Waals surface area (Å²) in [4.78, 5) is 28.6. The highest BCUT2D eigenvalue weighted by atomic mass is 79.9. The maximum Gasteiger partial charge on any atom is 0.264 e. The highest BCUT2D eigenvalue weighted by Crippen LogP contribution is 2.26. The highest BCUT2D eigenvalue weighted by Gasteiger charge is 2.33. The number of hydrogen-bond donors (Lipinski definition) is 1. The standard InChI is InChI=1S/C29H32BrN3O4S/c1-22(29(35)31-25-12-8-9-13-25)32(20-23-10-4-2-5-11-23)28(34)21-33(26-18-16-24(30)17-19-26)38(36,37)27-14-6-3-7-15-27/h2-7,10-11,14-19,22,25H,8-9,12-13,20-21H2,1H3,(H,31,35). The molecule has 4 rings (SSSR count). The summed E-state index contributed by atoms with van der Waals surface area (Å²) in [6.45, 7) is 1.42. The Morgan fingerprint density at radius 2 is 1.50 bits per heavy atom. The van der Waals surface area contributed by atoms with Gasteiger partial charge >= 0.3 is 0 Å².